The Morgan fingerprint density at radius 2 is 2.07 bits per heavy atom. The molecule has 0 bridgehead atoms. The van der Waals surface area contributed by atoms with Gasteiger partial charge in [0.15, 0.2) is 0 Å². The van der Waals surface area contributed by atoms with Crippen LogP contribution >= 0.6 is 0 Å². The average Bonchev–Trinajstić information content (AvgIpc) is 2.25. The minimum Gasteiger partial charge on any atom is -0.344 e. The fourth-order valence-corrected chi connectivity index (χ4v) is 1.42. The molecule has 2 nitrogen and oxygen atoms in total. The van der Waals surface area contributed by atoms with E-state index in [1.165, 1.54) is 24.0 Å². The van der Waals surface area contributed by atoms with Crippen LogP contribution in [0.5, 0.6) is 0 Å². The highest BCUT2D eigenvalue weighted by molar-refractivity contribution is 5.51. The molecule has 0 aromatic heterocycles. The van der Waals surface area contributed by atoms with E-state index in [-0.39, 0.29) is 6.15 Å². The number of rotatable bonds is 6. The van der Waals surface area contributed by atoms with Gasteiger partial charge < -0.3 is 11.5 Å². The molecule has 15 heavy (non-hydrogen) atoms. The highest BCUT2D eigenvalue weighted by atomic mass is 14.8. The van der Waals surface area contributed by atoms with Crippen molar-refractivity contribution in [2.45, 2.75) is 26.3 Å². The van der Waals surface area contributed by atoms with Crippen LogP contribution in [-0.2, 0) is 6.54 Å². The minimum atomic E-state index is 0. The van der Waals surface area contributed by atoms with Crippen LogP contribution < -0.4 is 11.5 Å². The summed E-state index contributed by atoms with van der Waals surface area (Å²) in [5.74, 6) is 0. The smallest absolute Gasteiger partial charge is 0.0211 e. The molecule has 0 radical (unpaired) electrons. The van der Waals surface area contributed by atoms with Crippen LogP contribution in [-0.4, -0.2) is 6.54 Å². The van der Waals surface area contributed by atoms with Crippen LogP contribution in [0.3, 0.4) is 0 Å². The van der Waals surface area contributed by atoms with Crippen LogP contribution in [0.15, 0.2) is 30.8 Å². The summed E-state index contributed by atoms with van der Waals surface area (Å²) in [6.07, 6.45) is 4.41. The van der Waals surface area contributed by atoms with E-state index in [1.807, 2.05) is 12.1 Å². The van der Waals surface area contributed by atoms with E-state index in [4.69, 9.17) is 0 Å². The molecule has 4 N–H and O–H groups in total. The lowest BCUT2D eigenvalue weighted by molar-refractivity contribution is 0.641. The van der Waals surface area contributed by atoms with Gasteiger partial charge in [-0.2, -0.15) is 0 Å². The molecule has 1 aromatic carbocycles. The summed E-state index contributed by atoms with van der Waals surface area (Å²) < 4.78 is 0. The lowest BCUT2D eigenvalue weighted by atomic mass is 10.1. The molecule has 0 atom stereocenters. The molecule has 0 spiro atoms. The van der Waals surface area contributed by atoms with Crippen molar-refractivity contribution in [3.8, 4) is 0 Å². The summed E-state index contributed by atoms with van der Waals surface area (Å²) in [6.45, 7) is 8.06. The number of unbranched alkanes of at least 4 members (excludes halogenated alkanes) is 1. The lowest BCUT2D eigenvalue weighted by Gasteiger charge is -2.06. The predicted octanol–water partition coefficient (Wildman–Crippen LogP) is 3.38. The number of hydrogen-bond acceptors (Lipinski definition) is 2. The van der Waals surface area contributed by atoms with Gasteiger partial charge in [0.05, 0.1) is 0 Å². The zero-order valence-electron chi connectivity index (χ0n) is 9.63. The highest BCUT2D eigenvalue weighted by Crippen LogP contribution is 2.09. The maximum absolute atomic E-state index is 3.81. The van der Waals surface area contributed by atoms with Crippen molar-refractivity contribution in [1.29, 1.82) is 0 Å². The van der Waals surface area contributed by atoms with Gasteiger partial charge in [0.1, 0.15) is 0 Å². The zero-order chi connectivity index (χ0) is 10.2. The second-order valence-electron chi connectivity index (χ2n) is 3.43. The van der Waals surface area contributed by atoms with Gasteiger partial charge in [-0.1, -0.05) is 50.3 Å². The molecule has 0 aliphatic heterocycles. The van der Waals surface area contributed by atoms with Gasteiger partial charge in [-0.3, -0.25) is 0 Å². The van der Waals surface area contributed by atoms with E-state index in [0.29, 0.717) is 0 Å². The standard InChI is InChI=1S/C13H19N.H3N/c1-3-5-10-14-11-13-9-7-6-8-12(13)4-2;/h4,6-9,14H,2-3,5,10-11H2,1H3;1H3. The molecular weight excluding hydrogens is 184 g/mol. The average molecular weight is 206 g/mol. The Labute approximate surface area is 93.0 Å². The molecule has 0 aliphatic rings. The molecule has 1 aromatic rings. The SMILES string of the molecule is C=Cc1ccccc1CNCCCC.N. The Bertz CT molecular complexity index is 282. The van der Waals surface area contributed by atoms with Crippen molar-refractivity contribution < 1.29 is 0 Å². The monoisotopic (exact) mass is 206 g/mol. The second-order valence-corrected chi connectivity index (χ2v) is 3.43. The normalized spacial score (nSPS) is 9.40. The van der Waals surface area contributed by atoms with Gasteiger partial charge in [0.2, 0.25) is 0 Å². The van der Waals surface area contributed by atoms with E-state index in [0.717, 1.165) is 13.1 Å². The maximum Gasteiger partial charge on any atom is 0.0211 e. The third-order valence-electron chi connectivity index (χ3n) is 2.30. The van der Waals surface area contributed by atoms with Crippen molar-refractivity contribution >= 4 is 6.08 Å². The molecule has 0 aliphatic carbocycles. The minimum absolute atomic E-state index is 0. The summed E-state index contributed by atoms with van der Waals surface area (Å²) in [4.78, 5) is 0. The molecule has 0 amide bonds. The summed E-state index contributed by atoms with van der Waals surface area (Å²) in [7, 11) is 0. The van der Waals surface area contributed by atoms with Gasteiger partial charge in [0, 0.05) is 6.54 Å². The van der Waals surface area contributed by atoms with Gasteiger partial charge in [-0.25, -0.2) is 0 Å². The van der Waals surface area contributed by atoms with Gasteiger partial charge in [0.25, 0.3) is 0 Å². The molecule has 0 saturated heterocycles. The molecule has 0 saturated carbocycles. The summed E-state index contributed by atoms with van der Waals surface area (Å²) in [5.41, 5.74) is 2.56. The third-order valence-corrected chi connectivity index (χ3v) is 2.30. The molecular formula is C13H22N2. The van der Waals surface area contributed by atoms with E-state index in [1.54, 1.807) is 0 Å². The number of nitrogens with one attached hydrogen (secondary N) is 1. The van der Waals surface area contributed by atoms with Crippen molar-refractivity contribution in [1.82, 2.24) is 11.5 Å². The quantitative estimate of drug-likeness (QED) is 0.701. The van der Waals surface area contributed by atoms with Crippen LogP contribution in [0.25, 0.3) is 6.08 Å². The Hall–Kier alpha value is -1.12. The Kier molecular flexibility index (Phi) is 7.60. The number of benzene rings is 1. The van der Waals surface area contributed by atoms with Gasteiger partial charge in [-0.15, -0.1) is 0 Å². The Morgan fingerprint density at radius 1 is 1.33 bits per heavy atom. The van der Waals surface area contributed by atoms with Gasteiger partial charge in [-0.05, 0) is 24.1 Å². The predicted molar refractivity (Wildman–Crippen MR) is 68.2 cm³/mol. The highest BCUT2D eigenvalue weighted by Gasteiger charge is 1.96. The zero-order valence-corrected chi connectivity index (χ0v) is 9.63. The molecule has 0 unspecified atom stereocenters. The summed E-state index contributed by atoms with van der Waals surface area (Å²) in [6, 6.07) is 8.37. The Balaban J connectivity index is 0.00000196. The first kappa shape index (κ1) is 13.9. The van der Waals surface area contributed by atoms with E-state index >= 15 is 0 Å². The van der Waals surface area contributed by atoms with E-state index in [9.17, 15) is 0 Å². The van der Waals surface area contributed by atoms with Crippen molar-refractivity contribution in [2.24, 2.45) is 0 Å². The van der Waals surface area contributed by atoms with Crippen molar-refractivity contribution in [3.63, 3.8) is 0 Å². The summed E-state index contributed by atoms with van der Waals surface area (Å²) in [5, 5.41) is 3.43. The van der Waals surface area contributed by atoms with Crippen LogP contribution in [0.4, 0.5) is 0 Å². The third kappa shape index (κ3) is 4.77. The number of hydrogen-bond donors (Lipinski definition) is 2. The first-order valence-corrected chi connectivity index (χ1v) is 5.29. The first-order valence-electron chi connectivity index (χ1n) is 5.29. The Morgan fingerprint density at radius 3 is 2.73 bits per heavy atom. The van der Waals surface area contributed by atoms with E-state index in [2.05, 4.69) is 37.0 Å². The fraction of sp³-hybridized carbons (Fsp3) is 0.385. The van der Waals surface area contributed by atoms with Crippen LogP contribution in [0.1, 0.15) is 30.9 Å². The molecule has 1 rings (SSSR count). The largest absolute Gasteiger partial charge is 0.344 e. The molecule has 2 heteroatoms. The van der Waals surface area contributed by atoms with Crippen molar-refractivity contribution in [3.05, 3.63) is 42.0 Å². The topological polar surface area (TPSA) is 47.0 Å². The molecule has 84 valence electrons. The second kappa shape index (κ2) is 8.21. The fourth-order valence-electron chi connectivity index (χ4n) is 1.42. The van der Waals surface area contributed by atoms with E-state index < -0.39 is 0 Å². The van der Waals surface area contributed by atoms with Gasteiger partial charge >= 0.3 is 0 Å². The first-order chi connectivity index (χ1) is 6.88. The molecule has 0 fully saturated rings. The van der Waals surface area contributed by atoms with Crippen LogP contribution in [0.2, 0.25) is 0 Å². The molecule has 0 heterocycles. The maximum atomic E-state index is 3.81. The van der Waals surface area contributed by atoms with Crippen LogP contribution in [0, 0.1) is 0 Å². The van der Waals surface area contributed by atoms with Crippen molar-refractivity contribution in [2.75, 3.05) is 6.54 Å². The lowest BCUT2D eigenvalue weighted by Crippen LogP contribution is -2.14. The summed E-state index contributed by atoms with van der Waals surface area (Å²) >= 11 is 0.